The number of nitriles is 1. The van der Waals surface area contributed by atoms with E-state index in [0.29, 0.717) is 26.9 Å². The van der Waals surface area contributed by atoms with Crippen LogP contribution in [0.1, 0.15) is 12.0 Å². The van der Waals surface area contributed by atoms with E-state index in [1.807, 2.05) is 35.7 Å². The number of Topliss-reactive ketones (excluding diaryl/α,β-unsaturated/α-hetero) is 1. The molecule has 0 spiro atoms. The highest BCUT2D eigenvalue weighted by atomic mass is 35.5. The first kappa shape index (κ1) is 21.1. The van der Waals surface area contributed by atoms with Crippen LogP contribution in [-0.2, 0) is 14.3 Å². The number of pyridine rings is 1. The van der Waals surface area contributed by atoms with Crippen molar-refractivity contribution in [3.05, 3.63) is 58.4 Å². The van der Waals surface area contributed by atoms with Gasteiger partial charge in [0.25, 0.3) is 0 Å². The van der Waals surface area contributed by atoms with Crippen molar-refractivity contribution < 1.29 is 14.3 Å². The van der Waals surface area contributed by atoms with E-state index in [1.165, 1.54) is 18.4 Å². The van der Waals surface area contributed by atoms with Crippen molar-refractivity contribution in [3.8, 4) is 27.8 Å². The molecule has 1 aromatic carbocycles. The van der Waals surface area contributed by atoms with Gasteiger partial charge in [0.15, 0.2) is 5.78 Å². The van der Waals surface area contributed by atoms with E-state index in [-0.39, 0.29) is 18.0 Å². The molecule has 2 aromatic heterocycles. The van der Waals surface area contributed by atoms with Crippen molar-refractivity contribution in [1.82, 2.24) is 4.98 Å². The molecular weight excluding hydrogens is 428 g/mol. The number of ether oxygens (including phenoxy) is 1. The van der Waals surface area contributed by atoms with Crippen molar-refractivity contribution in [2.75, 3.05) is 12.9 Å². The molecule has 0 radical (unpaired) electrons. The largest absolute Gasteiger partial charge is 0.469 e. The lowest BCUT2D eigenvalue weighted by atomic mass is 10.0. The minimum Gasteiger partial charge on any atom is -0.469 e. The first-order valence-corrected chi connectivity index (χ1v) is 10.7. The first-order chi connectivity index (χ1) is 14.0. The zero-order valence-corrected chi connectivity index (χ0v) is 17.7. The summed E-state index contributed by atoms with van der Waals surface area (Å²) in [6.07, 6.45) is -0.306. The minimum atomic E-state index is -0.585. The lowest BCUT2D eigenvalue weighted by molar-refractivity contribution is -0.142. The van der Waals surface area contributed by atoms with Gasteiger partial charge in [-0.2, -0.15) is 5.26 Å². The predicted molar refractivity (Wildman–Crippen MR) is 115 cm³/mol. The van der Waals surface area contributed by atoms with E-state index in [4.69, 9.17) is 11.6 Å². The monoisotopic (exact) mass is 442 g/mol. The summed E-state index contributed by atoms with van der Waals surface area (Å²) >= 11 is 8.68. The molecule has 146 valence electrons. The molecule has 0 saturated heterocycles. The van der Waals surface area contributed by atoms with E-state index in [9.17, 15) is 14.9 Å². The van der Waals surface area contributed by atoms with Gasteiger partial charge in [0, 0.05) is 10.6 Å². The number of thioether (sulfide) groups is 1. The van der Waals surface area contributed by atoms with E-state index in [1.54, 1.807) is 12.1 Å². The molecule has 0 saturated carbocycles. The number of nitrogens with zero attached hydrogens (tertiary/aromatic N) is 2. The maximum atomic E-state index is 12.0. The van der Waals surface area contributed by atoms with Gasteiger partial charge in [-0.3, -0.25) is 9.59 Å². The molecule has 0 fully saturated rings. The van der Waals surface area contributed by atoms with Gasteiger partial charge in [-0.1, -0.05) is 41.6 Å². The van der Waals surface area contributed by atoms with Crippen molar-refractivity contribution in [3.63, 3.8) is 0 Å². The molecule has 0 aliphatic rings. The smallest absolute Gasteiger partial charge is 0.313 e. The zero-order valence-electron chi connectivity index (χ0n) is 15.3. The molecule has 0 bridgehead atoms. The molecule has 29 heavy (non-hydrogen) atoms. The second-order valence-electron chi connectivity index (χ2n) is 5.91. The molecule has 0 amide bonds. The van der Waals surface area contributed by atoms with Crippen LogP contribution in [0.4, 0.5) is 0 Å². The molecule has 2 heterocycles. The third-order valence-corrected chi connectivity index (χ3v) is 6.15. The summed E-state index contributed by atoms with van der Waals surface area (Å²) < 4.78 is 4.53. The Morgan fingerprint density at radius 3 is 2.66 bits per heavy atom. The molecule has 0 aliphatic carbocycles. The molecule has 0 atom stereocenters. The normalized spacial score (nSPS) is 10.4. The Balaban J connectivity index is 2.02. The van der Waals surface area contributed by atoms with E-state index >= 15 is 0 Å². The number of thiophene rings is 1. The van der Waals surface area contributed by atoms with Gasteiger partial charge in [0.05, 0.1) is 29.0 Å². The summed E-state index contributed by atoms with van der Waals surface area (Å²) in [5.74, 6) is -0.856. The van der Waals surface area contributed by atoms with Gasteiger partial charge in [-0.15, -0.1) is 11.3 Å². The summed E-state index contributed by atoms with van der Waals surface area (Å²) in [6, 6.07) is 15.2. The number of carbonyl (C=O) groups excluding carboxylic acids is 2. The average molecular weight is 443 g/mol. The van der Waals surface area contributed by atoms with Crippen LogP contribution in [0.3, 0.4) is 0 Å². The molecule has 0 N–H and O–H groups in total. The standard InChI is InChI=1S/C21H15ClN2O3S2/c1-27-20(26)9-15(25)12-29-21-17(11-23)16(13-4-6-14(22)7-5-13)10-18(24-21)19-3-2-8-28-19/h2-8,10H,9,12H2,1H3. The molecule has 8 heteroatoms. The second-order valence-corrected chi connectivity index (χ2v) is 8.26. The number of aromatic nitrogens is 1. The quantitative estimate of drug-likeness (QED) is 0.283. The van der Waals surface area contributed by atoms with Gasteiger partial charge in [0.1, 0.15) is 17.5 Å². The number of benzene rings is 1. The molecule has 0 unspecified atom stereocenters. The number of hydrogen-bond acceptors (Lipinski definition) is 7. The number of hydrogen-bond donors (Lipinski definition) is 0. The fraction of sp³-hybridized carbons (Fsp3) is 0.143. The highest BCUT2D eigenvalue weighted by Gasteiger charge is 2.18. The predicted octanol–water partition coefficient (Wildman–Crippen LogP) is 5.23. The molecule has 3 rings (SSSR count). The fourth-order valence-electron chi connectivity index (χ4n) is 2.57. The summed E-state index contributed by atoms with van der Waals surface area (Å²) in [6.45, 7) is 0. The fourth-order valence-corrected chi connectivity index (χ4v) is 4.25. The highest BCUT2D eigenvalue weighted by Crippen LogP contribution is 2.35. The van der Waals surface area contributed by atoms with Crippen molar-refractivity contribution in [1.29, 1.82) is 5.26 Å². The van der Waals surface area contributed by atoms with Gasteiger partial charge >= 0.3 is 5.97 Å². The van der Waals surface area contributed by atoms with Crippen LogP contribution in [0.2, 0.25) is 5.02 Å². The summed E-state index contributed by atoms with van der Waals surface area (Å²) in [5, 5.41) is 12.8. The average Bonchev–Trinajstić information content (AvgIpc) is 3.27. The molecule has 0 aliphatic heterocycles. The van der Waals surface area contributed by atoms with Gasteiger partial charge < -0.3 is 4.74 Å². The number of methoxy groups -OCH3 is 1. The zero-order chi connectivity index (χ0) is 20.8. The number of rotatable bonds is 7. The van der Waals surface area contributed by atoms with Crippen LogP contribution in [0.5, 0.6) is 0 Å². The Bertz CT molecular complexity index is 1070. The topological polar surface area (TPSA) is 80.1 Å². The number of halogens is 1. The van der Waals surface area contributed by atoms with Gasteiger partial charge in [-0.25, -0.2) is 4.98 Å². The van der Waals surface area contributed by atoms with Crippen LogP contribution >= 0.6 is 34.7 Å². The number of ketones is 1. The Morgan fingerprint density at radius 2 is 2.03 bits per heavy atom. The maximum absolute atomic E-state index is 12.0. The Kier molecular flexibility index (Phi) is 7.04. The third kappa shape index (κ3) is 5.24. The van der Waals surface area contributed by atoms with Gasteiger partial charge in [0.2, 0.25) is 0 Å². The Hall–Kier alpha value is -2.66. The van der Waals surface area contributed by atoms with Crippen LogP contribution in [0.15, 0.2) is 52.9 Å². The minimum absolute atomic E-state index is 0.0186. The van der Waals surface area contributed by atoms with E-state index in [0.717, 1.165) is 22.2 Å². The van der Waals surface area contributed by atoms with Crippen molar-refractivity contribution in [2.45, 2.75) is 11.4 Å². The summed E-state index contributed by atoms with van der Waals surface area (Å²) in [5.41, 5.74) is 2.63. The molecule has 5 nitrogen and oxygen atoms in total. The third-order valence-electron chi connectivity index (χ3n) is 3.97. The van der Waals surface area contributed by atoms with Crippen molar-refractivity contribution in [2.24, 2.45) is 0 Å². The van der Waals surface area contributed by atoms with Crippen LogP contribution in [0.25, 0.3) is 21.7 Å². The maximum Gasteiger partial charge on any atom is 0.313 e. The van der Waals surface area contributed by atoms with E-state index in [2.05, 4.69) is 15.8 Å². The molecular formula is C21H15ClN2O3S2. The SMILES string of the molecule is COC(=O)CC(=O)CSc1nc(-c2cccs2)cc(-c2ccc(Cl)cc2)c1C#N. The van der Waals surface area contributed by atoms with Crippen LogP contribution in [0, 0.1) is 11.3 Å². The Morgan fingerprint density at radius 1 is 1.28 bits per heavy atom. The number of carbonyl (C=O) groups is 2. The van der Waals surface area contributed by atoms with Crippen LogP contribution < -0.4 is 0 Å². The van der Waals surface area contributed by atoms with Crippen molar-refractivity contribution >= 4 is 46.5 Å². The molecule has 3 aromatic rings. The first-order valence-electron chi connectivity index (χ1n) is 8.48. The van der Waals surface area contributed by atoms with E-state index < -0.39 is 5.97 Å². The summed E-state index contributed by atoms with van der Waals surface area (Å²) in [4.78, 5) is 28.9. The Labute approximate surface area is 181 Å². The summed E-state index contributed by atoms with van der Waals surface area (Å²) in [7, 11) is 1.24. The lowest BCUT2D eigenvalue weighted by Gasteiger charge is -2.12. The number of esters is 1. The highest BCUT2D eigenvalue weighted by molar-refractivity contribution is 8.00. The van der Waals surface area contributed by atoms with Gasteiger partial charge in [-0.05, 0) is 35.2 Å². The lowest BCUT2D eigenvalue weighted by Crippen LogP contribution is -2.11. The van der Waals surface area contributed by atoms with Crippen LogP contribution in [-0.4, -0.2) is 29.6 Å². The second kappa shape index (κ2) is 9.70.